The summed E-state index contributed by atoms with van der Waals surface area (Å²) in [7, 11) is 0. The smallest absolute Gasteiger partial charge is 0.406 e. The summed E-state index contributed by atoms with van der Waals surface area (Å²) in [5, 5.41) is 8.12. The van der Waals surface area contributed by atoms with Gasteiger partial charge >= 0.3 is 12.4 Å². The van der Waals surface area contributed by atoms with Crippen LogP contribution in [0.15, 0.2) is 24.3 Å². The Morgan fingerprint density at radius 3 is 2.40 bits per heavy atom. The van der Waals surface area contributed by atoms with Gasteiger partial charge in [-0.05, 0) is 30.8 Å². The van der Waals surface area contributed by atoms with Gasteiger partial charge in [-0.15, -0.1) is 13.2 Å². The fraction of sp³-hybridized carbons (Fsp3) is 0.417. The second-order valence-corrected chi connectivity index (χ2v) is 3.81. The van der Waals surface area contributed by atoms with Crippen LogP contribution >= 0.6 is 0 Å². The topological polar surface area (TPSA) is 62.4 Å². The second-order valence-electron chi connectivity index (χ2n) is 3.81. The molecule has 2 amide bonds. The minimum absolute atomic E-state index is 0.337. The van der Waals surface area contributed by atoms with Gasteiger partial charge in [-0.25, -0.2) is 4.79 Å². The van der Waals surface area contributed by atoms with Crippen LogP contribution in [0.25, 0.3) is 0 Å². The van der Waals surface area contributed by atoms with E-state index >= 15 is 0 Å². The zero-order valence-electron chi connectivity index (χ0n) is 10.9. The summed E-state index contributed by atoms with van der Waals surface area (Å²) in [5.74, 6) is -0.337. The van der Waals surface area contributed by atoms with E-state index in [1.165, 1.54) is 12.1 Å². The minimum Gasteiger partial charge on any atom is -0.406 e. The third-order valence-electron chi connectivity index (χ3n) is 2.18. The van der Waals surface area contributed by atoms with Gasteiger partial charge in [0.2, 0.25) is 0 Å². The number of carbonyl (C=O) groups excluding carboxylic acids is 1. The normalized spacial score (nSPS) is 11.0. The number of ether oxygens (including phenoxy) is 1. The van der Waals surface area contributed by atoms with Crippen LogP contribution in [0.2, 0.25) is 0 Å². The van der Waals surface area contributed by atoms with Crippen molar-refractivity contribution in [1.29, 1.82) is 0 Å². The van der Waals surface area contributed by atoms with E-state index in [9.17, 15) is 18.0 Å². The quantitative estimate of drug-likeness (QED) is 0.705. The highest BCUT2D eigenvalue weighted by Gasteiger charge is 2.30. The molecular weight excluding hydrogens is 275 g/mol. The predicted octanol–water partition coefficient (Wildman–Crippen LogP) is 2.32. The van der Waals surface area contributed by atoms with Crippen molar-refractivity contribution in [2.75, 3.05) is 25.0 Å². The molecule has 112 valence electrons. The largest absolute Gasteiger partial charge is 0.573 e. The van der Waals surface area contributed by atoms with Gasteiger partial charge in [0.1, 0.15) is 5.75 Å². The molecule has 0 aliphatic rings. The van der Waals surface area contributed by atoms with Gasteiger partial charge in [0.05, 0.1) is 0 Å². The Morgan fingerprint density at radius 2 is 1.85 bits per heavy atom. The maximum Gasteiger partial charge on any atom is 0.573 e. The number of anilines is 1. The van der Waals surface area contributed by atoms with Gasteiger partial charge in [0.15, 0.2) is 0 Å². The number of likely N-dealkylation sites (N-methyl/N-ethyl adjacent to an activating group) is 1. The number of alkyl halides is 3. The number of benzene rings is 1. The lowest BCUT2D eigenvalue weighted by molar-refractivity contribution is -0.274. The average Bonchev–Trinajstić information content (AvgIpc) is 2.35. The molecule has 0 spiro atoms. The van der Waals surface area contributed by atoms with Gasteiger partial charge in [0.25, 0.3) is 0 Å². The first-order chi connectivity index (χ1) is 9.40. The molecule has 0 heterocycles. The van der Waals surface area contributed by atoms with Crippen molar-refractivity contribution in [3.8, 4) is 5.75 Å². The Bertz CT molecular complexity index is 421. The lowest BCUT2D eigenvalue weighted by atomic mass is 10.3. The summed E-state index contributed by atoms with van der Waals surface area (Å²) in [5.41, 5.74) is 0.375. The average molecular weight is 291 g/mol. The van der Waals surface area contributed by atoms with E-state index in [4.69, 9.17) is 0 Å². The molecule has 0 atom stereocenters. The number of nitrogens with one attached hydrogen (secondary N) is 3. The highest BCUT2D eigenvalue weighted by Crippen LogP contribution is 2.23. The van der Waals surface area contributed by atoms with E-state index in [0.717, 1.165) is 18.7 Å². The van der Waals surface area contributed by atoms with Gasteiger partial charge in [0, 0.05) is 18.8 Å². The number of amides is 2. The molecule has 0 bridgehead atoms. The summed E-state index contributed by atoms with van der Waals surface area (Å²) < 4.78 is 39.6. The Hall–Kier alpha value is -1.96. The highest BCUT2D eigenvalue weighted by atomic mass is 19.4. The molecule has 1 aromatic carbocycles. The summed E-state index contributed by atoms with van der Waals surface area (Å²) in [6, 6.07) is 4.48. The third-order valence-corrected chi connectivity index (χ3v) is 2.18. The summed E-state index contributed by atoms with van der Waals surface area (Å²) in [4.78, 5) is 11.4. The summed E-state index contributed by atoms with van der Waals surface area (Å²) in [6.45, 7) is 3.85. The van der Waals surface area contributed by atoms with Crippen molar-refractivity contribution in [3.05, 3.63) is 24.3 Å². The van der Waals surface area contributed by atoms with Crippen molar-refractivity contribution in [1.82, 2.24) is 10.6 Å². The van der Waals surface area contributed by atoms with Gasteiger partial charge in [-0.2, -0.15) is 0 Å². The van der Waals surface area contributed by atoms with E-state index in [-0.39, 0.29) is 5.75 Å². The van der Waals surface area contributed by atoms with Crippen molar-refractivity contribution < 1.29 is 22.7 Å². The molecule has 8 heteroatoms. The van der Waals surface area contributed by atoms with E-state index in [0.29, 0.717) is 18.8 Å². The van der Waals surface area contributed by atoms with Crippen LogP contribution in [0.1, 0.15) is 6.92 Å². The first-order valence-electron chi connectivity index (χ1n) is 6.02. The van der Waals surface area contributed by atoms with Crippen LogP contribution < -0.4 is 20.7 Å². The van der Waals surface area contributed by atoms with E-state index in [1.54, 1.807) is 0 Å². The molecule has 0 saturated heterocycles. The predicted molar refractivity (Wildman–Crippen MR) is 68.7 cm³/mol. The number of urea groups is 1. The van der Waals surface area contributed by atoms with Crippen LogP contribution in [0.4, 0.5) is 23.7 Å². The summed E-state index contributed by atoms with van der Waals surface area (Å²) in [6.07, 6.45) is -4.72. The fourth-order valence-corrected chi connectivity index (χ4v) is 1.36. The van der Waals surface area contributed by atoms with Crippen molar-refractivity contribution in [2.24, 2.45) is 0 Å². The molecule has 0 aliphatic heterocycles. The monoisotopic (exact) mass is 291 g/mol. The Balaban J connectivity index is 2.39. The molecular formula is C12H16F3N3O2. The van der Waals surface area contributed by atoms with Crippen molar-refractivity contribution in [3.63, 3.8) is 0 Å². The van der Waals surface area contributed by atoms with Crippen LogP contribution in [-0.2, 0) is 0 Å². The van der Waals surface area contributed by atoms with Crippen molar-refractivity contribution in [2.45, 2.75) is 13.3 Å². The lowest BCUT2D eigenvalue weighted by Crippen LogP contribution is -2.34. The molecule has 0 aromatic heterocycles. The minimum atomic E-state index is -4.72. The third kappa shape index (κ3) is 6.83. The zero-order chi connectivity index (χ0) is 15.0. The molecule has 0 unspecified atom stereocenters. The first kappa shape index (κ1) is 16.1. The van der Waals surface area contributed by atoms with Crippen molar-refractivity contribution >= 4 is 11.7 Å². The van der Waals surface area contributed by atoms with Crippen LogP contribution in [0.5, 0.6) is 5.75 Å². The maximum atomic E-state index is 11.9. The standard InChI is InChI=1S/C12H16F3N3O2/c1-2-16-7-8-17-11(19)18-9-3-5-10(6-4-9)20-12(13,14)15/h3-6,16H,2,7-8H2,1H3,(H2,17,18,19). The molecule has 0 aliphatic carbocycles. The highest BCUT2D eigenvalue weighted by molar-refractivity contribution is 5.89. The Morgan fingerprint density at radius 1 is 1.20 bits per heavy atom. The Labute approximate surface area is 114 Å². The van der Waals surface area contributed by atoms with Gasteiger partial charge < -0.3 is 20.7 Å². The van der Waals surface area contributed by atoms with E-state index in [1.807, 2.05) is 6.92 Å². The van der Waals surface area contributed by atoms with Crippen LogP contribution in [-0.4, -0.2) is 32.0 Å². The lowest BCUT2D eigenvalue weighted by Gasteiger charge is -2.10. The number of hydrogen-bond donors (Lipinski definition) is 3. The molecule has 20 heavy (non-hydrogen) atoms. The van der Waals surface area contributed by atoms with E-state index in [2.05, 4.69) is 20.7 Å². The molecule has 1 aromatic rings. The number of halogens is 3. The molecule has 5 nitrogen and oxygen atoms in total. The Kier molecular flexibility index (Phi) is 6.10. The van der Waals surface area contributed by atoms with Gasteiger partial charge in [-0.3, -0.25) is 0 Å². The molecule has 0 fully saturated rings. The van der Waals surface area contributed by atoms with Crippen LogP contribution in [0, 0.1) is 0 Å². The zero-order valence-corrected chi connectivity index (χ0v) is 10.9. The molecule has 0 saturated carbocycles. The maximum absolute atomic E-state index is 11.9. The SMILES string of the molecule is CCNCCNC(=O)Nc1ccc(OC(F)(F)F)cc1. The number of rotatable bonds is 6. The summed E-state index contributed by atoms with van der Waals surface area (Å²) >= 11 is 0. The fourth-order valence-electron chi connectivity index (χ4n) is 1.36. The van der Waals surface area contributed by atoms with E-state index < -0.39 is 12.4 Å². The number of hydrogen-bond acceptors (Lipinski definition) is 3. The number of carbonyl (C=O) groups is 1. The molecule has 0 radical (unpaired) electrons. The second kappa shape index (κ2) is 7.59. The first-order valence-corrected chi connectivity index (χ1v) is 6.02. The van der Waals surface area contributed by atoms with Crippen LogP contribution in [0.3, 0.4) is 0 Å². The molecule has 3 N–H and O–H groups in total. The van der Waals surface area contributed by atoms with Gasteiger partial charge in [-0.1, -0.05) is 6.92 Å². The molecule has 1 rings (SSSR count).